The van der Waals surface area contributed by atoms with Gasteiger partial charge in [0.15, 0.2) is 0 Å². The van der Waals surface area contributed by atoms with E-state index in [4.69, 9.17) is 5.73 Å². The van der Waals surface area contributed by atoms with Crippen LogP contribution >= 0.6 is 0 Å². The molecule has 0 bridgehead atoms. The van der Waals surface area contributed by atoms with Gasteiger partial charge in [0.25, 0.3) is 5.91 Å². The molecule has 0 saturated carbocycles. The summed E-state index contributed by atoms with van der Waals surface area (Å²) >= 11 is 0. The molecule has 7 nitrogen and oxygen atoms in total. The van der Waals surface area contributed by atoms with Crippen LogP contribution in [0.25, 0.3) is 0 Å². The first-order valence-corrected chi connectivity index (χ1v) is 9.41. The Balaban J connectivity index is 1.82. The molecular weight excluding hydrogens is 340 g/mol. The number of primary amides is 1. The van der Waals surface area contributed by atoms with Gasteiger partial charge in [-0.05, 0) is 43.4 Å². The highest BCUT2D eigenvalue weighted by atomic mass is 32.2. The van der Waals surface area contributed by atoms with Gasteiger partial charge in [0.2, 0.25) is 9.84 Å². The Kier molecular flexibility index (Phi) is 4.73. The summed E-state index contributed by atoms with van der Waals surface area (Å²) in [5.41, 5.74) is 6.16. The van der Waals surface area contributed by atoms with E-state index in [2.05, 4.69) is 21.8 Å². The van der Waals surface area contributed by atoms with Crippen molar-refractivity contribution >= 4 is 21.4 Å². The summed E-state index contributed by atoms with van der Waals surface area (Å²) < 4.78 is 25.3. The molecule has 0 aliphatic carbocycles. The number of sulfone groups is 1. The number of anilines is 1. The van der Waals surface area contributed by atoms with Crippen molar-refractivity contribution in [3.05, 3.63) is 48.3 Å². The van der Waals surface area contributed by atoms with Crippen LogP contribution in [0.4, 0.5) is 5.69 Å². The fraction of sp³-hybridized carbons (Fsp3) is 0.294. The van der Waals surface area contributed by atoms with Crippen molar-refractivity contribution in [1.29, 1.82) is 0 Å². The van der Waals surface area contributed by atoms with Crippen LogP contribution in [0.15, 0.2) is 52.4 Å². The third-order valence-corrected chi connectivity index (χ3v) is 6.07. The summed E-state index contributed by atoms with van der Waals surface area (Å²) in [4.78, 5) is 19.6. The molecule has 1 aromatic heterocycles. The van der Waals surface area contributed by atoms with E-state index in [1.54, 1.807) is 12.1 Å². The van der Waals surface area contributed by atoms with Crippen molar-refractivity contribution in [2.24, 2.45) is 5.73 Å². The van der Waals surface area contributed by atoms with Crippen LogP contribution in [0.2, 0.25) is 0 Å². The van der Waals surface area contributed by atoms with E-state index in [0.717, 1.165) is 38.1 Å². The summed E-state index contributed by atoms with van der Waals surface area (Å²) in [5.74, 6) is -0.694. The van der Waals surface area contributed by atoms with Gasteiger partial charge in [-0.3, -0.25) is 4.79 Å². The molecule has 3 rings (SSSR count). The highest BCUT2D eigenvalue weighted by Gasteiger charge is 2.20. The third kappa shape index (κ3) is 3.64. The maximum atomic E-state index is 12.7. The summed E-state index contributed by atoms with van der Waals surface area (Å²) in [5, 5.41) is 0. The molecule has 8 heteroatoms. The second-order valence-corrected chi connectivity index (χ2v) is 7.98. The Morgan fingerprint density at radius 3 is 2.12 bits per heavy atom. The van der Waals surface area contributed by atoms with E-state index in [0.29, 0.717) is 0 Å². The quantitative estimate of drug-likeness (QED) is 0.865. The minimum absolute atomic E-state index is 0.0318. The van der Waals surface area contributed by atoms with Gasteiger partial charge >= 0.3 is 0 Å². The van der Waals surface area contributed by atoms with Crippen LogP contribution in [0.3, 0.4) is 0 Å². The van der Waals surface area contributed by atoms with Gasteiger partial charge in [-0.15, -0.1) is 0 Å². The van der Waals surface area contributed by atoms with Crippen LogP contribution < -0.4 is 10.6 Å². The fourth-order valence-electron chi connectivity index (χ4n) is 2.72. The number of aromatic nitrogens is 1. The second-order valence-electron chi connectivity index (χ2n) is 6.03. The molecule has 1 aromatic carbocycles. The first-order valence-electron chi connectivity index (χ1n) is 7.92. The van der Waals surface area contributed by atoms with Gasteiger partial charge in [0.05, 0.1) is 9.79 Å². The molecule has 2 heterocycles. The van der Waals surface area contributed by atoms with Crippen molar-refractivity contribution in [2.45, 2.75) is 9.79 Å². The smallest absolute Gasteiger partial charge is 0.267 e. The number of rotatable bonds is 4. The largest absolute Gasteiger partial charge is 0.369 e. The minimum Gasteiger partial charge on any atom is -0.369 e. The lowest BCUT2D eigenvalue weighted by Crippen LogP contribution is -2.44. The number of piperazine rings is 1. The molecule has 2 N–H and O–H groups in total. The lowest BCUT2D eigenvalue weighted by molar-refractivity contribution is 0.0995. The average molecular weight is 360 g/mol. The summed E-state index contributed by atoms with van der Waals surface area (Å²) in [6, 6.07) is 9.51. The van der Waals surface area contributed by atoms with E-state index in [9.17, 15) is 13.2 Å². The molecule has 0 spiro atoms. The molecule has 132 valence electrons. The van der Waals surface area contributed by atoms with Crippen LogP contribution in [-0.2, 0) is 9.84 Å². The molecular formula is C17H20N4O3S. The SMILES string of the molecule is CN1CCN(c2ccc(S(=O)(=O)c3ccc(C(N)=O)nc3)cc2)CC1. The second kappa shape index (κ2) is 6.81. The maximum absolute atomic E-state index is 12.7. The van der Waals surface area contributed by atoms with Gasteiger partial charge in [-0.25, -0.2) is 13.4 Å². The van der Waals surface area contributed by atoms with Crippen molar-refractivity contribution in [3.8, 4) is 0 Å². The highest BCUT2D eigenvalue weighted by molar-refractivity contribution is 7.91. The molecule has 1 aliphatic rings. The first-order chi connectivity index (χ1) is 11.9. The number of hydrogen-bond acceptors (Lipinski definition) is 6. The predicted octanol–water partition coefficient (Wildman–Crippen LogP) is 0.765. The number of amides is 1. The zero-order valence-corrected chi connectivity index (χ0v) is 14.7. The Hall–Kier alpha value is -2.45. The zero-order chi connectivity index (χ0) is 18.0. The van der Waals surface area contributed by atoms with Crippen LogP contribution in [0.1, 0.15) is 10.5 Å². The molecule has 0 radical (unpaired) electrons. The number of benzene rings is 1. The first kappa shape index (κ1) is 17.4. The van der Waals surface area contributed by atoms with E-state index in [1.807, 2.05) is 12.1 Å². The molecule has 1 aliphatic heterocycles. The van der Waals surface area contributed by atoms with E-state index in [-0.39, 0.29) is 15.5 Å². The van der Waals surface area contributed by atoms with Gasteiger partial charge in [0.1, 0.15) is 5.69 Å². The number of carbonyl (C=O) groups is 1. The molecule has 2 aromatic rings. The molecule has 1 amide bonds. The van der Waals surface area contributed by atoms with Gasteiger partial charge in [0, 0.05) is 38.1 Å². The van der Waals surface area contributed by atoms with Crippen LogP contribution in [0.5, 0.6) is 0 Å². The topological polar surface area (TPSA) is 96.6 Å². The average Bonchev–Trinajstić information content (AvgIpc) is 2.62. The van der Waals surface area contributed by atoms with E-state index >= 15 is 0 Å². The number of likely N-dealkylation sites (N-methyl/N-ethyl adjacent to an activating group) is 1. The summed E-state index contributed by atoms with van der Waals surface area (Å²) in [6.07, 6.45) is 1.16. The lowest BCUT2D eigenvalue weighted by atomic mass is 10.2. The summed E-state index contributed by atoms with van der Waals surface area (Å²) in [6.45, 7) is 3.80. The molecule has 25 heavy (non-hydrogen) atoms. The standard InChI is InChI=1S/C17H20N4O3S/c1-20-8-10-21(11-9-20)13-2-4-14(5-3-13)25(23,24)15-6-7-16(17(18)22)19-12-15/h2-7,12H,8-11H2,1H3,(H2,18,22). The van der Waals surface area contributed by atoms with Gasteiger partial charge in [-0.1, -0.05) is 0 Å². The van der Waals surface area contributed by atoms with Crippen molar-refractivity contribution in [1.82, 2.24) is 9.88 Å². The maximum Gasteiger partial charge on any atom is 0.267 e. The molecule has 0 atom stereocenters. The lowest BCUT2D eigenvalue weighted by Gasteiger charge is -2.34. The number of hydrogen-bond donors (Lipinski definition) is 1. The molecule has 1 saturated heterocycles. The van der Waals surface area contributed by atoms with E-state index < -0.39 is 15.7 Å². The number of nitrogens with zero attached hydrogens (tertiary/aromatic N) is 3. The third-order valence-electron chi connectivity index (χ3n) is 4.31. The van der Waals surface area contributed by atoms with Crippen LogP contribution in [-0.4, -0.2) is 57.4 Å². The van der Waals surface area contributed by atoms with Gasteiger partial charge < -0.3 is 15.5 Å². The fourth-order valence-corrected chi connectivity index (χ4v) is 3.93. The number of nitrogens with two attached hydrogens (primary N) is 1. The molecule has 0 unspecified atom stereocenters. The Morgan fingerprint density at radius 2 is 1.60 bits per heavy atom. The van der Waals surface area contributed by atoms with Crippen LogP contribution in [0, 0.1) is 0 Å². The Morgan fingerprint density at radius 1 is 1.00 bits per heavy atom. The highest BCUT2D eigenvalue weighted by Crippen LogP contribution is 2.24. The predicted molar refractivity (Wildman–Crippen MR) is 94.4 cm³/mol. The monoisotopic (exact) mass is 360 g/mol. The summed E-state index contributed by atoms with van der Waals surface area (Å²) in [7, 11) is -1.59. The number of pyridine rings is 1. The zero-order valence-electron chi connectivity index (χ0n) is 13.9. The Bertz CT molecular complexity index is 856. The normalized spacial score (nSPS) is 16.0. The van der Waals surface area contributed by atoms with E-state index in [1.165, 1.54) is 12.1 Å². The van der Waals surface area contributed by atoms with Gasteiger partial charge in [-0.2, -0.15) is 0 Å². The van der Waals surface area contributed by atoms with Crippen molar-refractivity contribution < 1.29 is 13.2 Å². The molecule has 1 fully saturated rings. The minimum atomic E-state index is -3.68. The van der Waals surface area contributed by atoms with Crippen molar-refractivity contribution in [3.63, 3.8) is 0 Å². The van der Waals surface area contributed by atoms with Crippen molar-refractivity contribution in [2.75, 3.05) is 38.1 Å². The number of carbonyl (C=O) groups excluding carboxylic acids is 1. The Labute approximate surface area is 147 Å².